The van der Waals surface area contributed by atoms with Crippen LogP contribution >= 0.6 is 0 Å². The summed E-state index contributed by atoms with van der Waals surface area (Å²) in [4.78, 5) is 26.3. The zero-order valence-electron chi connectivity index (χ0n) is 15.7. The van der Waals surface area contributed by atoms with Crippen LogP contribution in [0.15, 0.2) is 77.4 Å². The molecule has 0 radical (unpaired) electrons. The van der Waals surface area contributed by atoms with Gasteiger partial charge in [0.1, 0.15) is 11.4 Å². The number of H-pyrrole nitrogens is 2. The van der Waals surface area contributed by atoms with Crippen LogP contribution < -0.4 is 16.0 Å². The third-order valence-electron chi connectivity index (χ3n) is 3.72. The van der Waals surface area contributed by atoms with E-state index in [1.807, 2.05) is 9.97 Å². The van der Waals surface area contributed by atoms with Crippen molar-refractivity contribution in [2.75, 3.05) is 7.11 Å². The maximum atomic E-state index is 11.7. The number of azo groups is 2. The molecule has 0 saturated heterocycles. The lowest BCUT2D eigenvalue weighted by atomic mass is 10.2. The molecule has 3 aromatic rings. The number of methoxy groups -OCH3 is 1. The lowest BCUT2D eigenvalue weighted by Crippen LogP contribution is -2.20. The third kappa shape index (κ3) is 5.26. The molecule has 0 fully saturated rings. The lowest BCUT2D eigenvalue weighted by molar-refractivity contribution is 0.416. The average Bonchev–Trinajstić information content (AvgIpc) is 2.71. The Morgan fingerprint density at radius 2 is 1.65 bits per heavy atom. The third-order valence-corrected chi connectivity index (χ3v) is 4.57. The van der Waals surface area contributed by atoms with Crippen molar-refractivity contribution >= 4 is 32.9 Å². The Kier molecular flexibility index (Phi) is 6.03. The van der Waals surface area contributed by atoms with E-state index < -0.39 is 32.9 Å². The summed E-state index contributed by atoms with van der Waals surface area (Å²) < 4.78 is 36.7. The zero-order valence-corrected chi connectivity index (χ0v) is 16.5. The number of hydrogen-bond donors (Lipinski definition) is 4. The number of nitrogens with zero attached hydrogens (tertiary/aromatic N) is 4. The Balaban J connectivity index is 1.88. The Bertz CT molecular complexity index is 1410. The topological polar surface area (TPSA) is 199 Å². The summed E-state index contributed by atoms with van der Waals surface area (Å²) in [5.74, 6) is -0.541. The summed E-state index contributed by atoms with van der Waals surface area (Å²) in [5.41, 5.74) is -1.63. The Morgan fingerprint density at radius 3 is 2.29 bits per heavy atom. The number of aromatic amines is 2. The molecule has 160 valence electrons. The van der Waals surface area contributed by atoms with Crippen LogP contribution in [-0.2, 0) is 10.1 Å². The maximum Gasteiger partial charge on any atom is 0.328 e. The summed E-state index contributed by atoms with van der Waals surface area (Å²) in [7, 11) is -3.01. The molecule has 13 nitrogen and oxygen atoms in total. The van der Waals surface area contributed by atoms with Crippen molar-refractivity contribution in [1.82, 2.24) is 9.97 Å². The van der Waals surface area contributed by atoms with Gasteiger partial charge in [-0.2, -0.15) is 18.6 Å². The molecule has 14 heteroatoms. The second-order valence-corrected chi connectivity index (χ2v) is 7.26. The Hall–Kier alpha value is -4.17. The first-order chi connectivity index (χ1) is 14.7. The minimum absolute atomic E-state index is 0.180. The van der Waals surface area contributed by atoms with Crippen LogP contribution in [0, 0.1) is 0 Å². The van der Waals surface area contributed by atoms with Gasteiger partial charge in [0.2, 0.25) is 11.6 Å². The molecule has 4 N–H and O–H groups in total. The van der Waals surface area contributed by atoms with Crippen LogP contribution in [0.3, 0.4) is 0 Å². The number of rotatable bonds is 6. The van der Waals surface area contributed by atoms with E-state index in [1.54, 1.807) is 0 Å². The molecule has 0 bridgehead atoms. The lowest BCUT2D eigenvalue weighted by Gasteiger charge is -2.04. The average molecular weight is 446 g/mol. The first kappa shape index (κ1) is 21.5. The molecular weight excluding hydrogens is 432 g/mol. The fourth-order valence-corrected chi connectivity index (χ4v) is 2.82. The number of benzene rings is 2. The smallest absolute Gasteiger partial charge is 0.328 e. The molecule has 0 aliphatic rings. The number of aromatic hydroxyl groups is 1. The zero-order chi connectivity index (χ0) is 22.6. The van der Waals surface area contributed by atoms with Crippen molar-refractivity contribution in [2.24, 2.45) is 20.5 Å². The van der Waals surface area contributed by atoms with Crippen LogP contribution in [-0.4, -0.2) is 35.2 Å². The summed E-state index contributed by atoms with van der Waals surface area (Å²) in [6, 6.07) is 9.63. The molecule has 0 spiro atoms. The van der Waals surface area contributed by atoms with E-state index in [9.17, 15) is 23.1 Å². The van der Waals surface area contributed by atoms with Gasteiger partial charge in [0.15, 0.2) is 0 Å². The molecule has 0 atom stereocenters. The normalized spacial score (nSPS) is 11.9. The van der Waals surface area contributed by atoms with E-state index in [1.165, 1.54) is 43.5 Å². The molecule has 31 heavy (non-hydrogen) atoms. The second kappa shape index (κ2) is 8.68. The van der Waals surface area contributed by atoms with Crippen molar-refractivity contribution in [3.63, 3.8) is 0 Å². The molecular formula is C17H14N6O7S. The molecule has 3 rings (SSSR count). The molecule has 0 unspecified atom stereocenters. The van der Waals surface area contributed by atoms with Gasteiger partial charge < -0.3 is 9.84 Å². The number of ether oxygens (including phenoxy) is 1. The van der Waals surface area contributed by atoms with Gasteiger partial charge in [0.25, 0.3) is 15.7 Å². The Morgan fingerprint density at radius 1 is 0.935 bits per heavy atom. The number of hydrogen-bond acceptors (Lipinski definition) is 10. The Labute approximate surface area is 173 Å². The van der Waals surface area contributed by atoms with Crippen molar-refractivity contribution in [2.45, 2.75) is 4.90 Å². The first-order valence-electron chi connectivity index (χ1n) is 8.32. The van der Waals surface area contributed by atoms with Crippen molar-refractivity contribution in [1.29, 1.82) is 0 Å². The van der Waals surface area contributed by atoms with E-state index in [0.717, 1.165) is 6.07 Å². The summed E-state index contributed by atoms with van der Waals surface area (Å²) >= 11 is 0. The van der Waals surface area contributed by atoms with Crippen LogP contribution in [0.1, 0.15) is 0 Å². The second-order valence-electron chi connectivity index (χ2n) is 5.83. The first-order valence-corrected chi connectivity index (χ1v) is 9.76. The van der Waals surface area contributed by atoms with E-state index >= 15 is 0 Å². The van der Waals surface area contributed by atoms with Gasteiger partial charge in [-0.3, -0.25) is 19.3 Å². The molecule has 1 aromatic heterocycles. The van der Waals surface area contributed by atoms with Gasteiger partial charge in [-0.25, -0.2) is 4.79 Å². The van der Waals surface area contributed by atoms with Crippen LogP contribution in [0.2, 0.25) is 0 Å². The van der Waals surface area contributed by atoms with Crippen molar-refractivity contribution in [3.8, 4) is 11.6 Å². The minimum Gasteiger partial charge on any atom is -0.494 e. The monoisotopic (exact) mass is 446 g/mol. The van der Waals surface area contributed by atoms with Crippen molar-refractivity contribution < 1.29 is 22.8 Å². The van der Waals surface area contributed by atoms with Gasteiger partial charge in [0, 0.05) is 6.07 Å². The molecule has 0 aliphatic carbocycles. The SMILES string of the molecule is COc1cc(N=Nc2cccc(S(=O)(=O)O)c2)ccc1N=Nc1c(O)[nH]c(=O)[nH]c1=O. The van der Waals surface area contributed by atoms with Gasteiger partial charge in [0.05, 0.1) is 23.4 Å². The van der Waals surface area contributed by atoms with E-state index in [-0.39, 0.29) is 22.0 Å². The largest absolute Gasteiger partial charge is 0.494 e. The molecule has 2 aromatic carbocycles. The highest BCUT2D eigenvalue weighted by Crippen LogP contribution is 2.34. The quantitative estimate of drug-likeness (QED) is 0.329. The van der Waals surface area contributed by atoms with Crippen LogP contribution in [0.25, 0.3) is 0 Å². The van der Waals surface area contributed by atoms with Crippen molar-refractivity contribution in [3.05, 3.63) is 63.3 Å². The highest BCUT2D eigenvalue weighted by molar-refractivity contribution is 7.85. The molecule has 1 heterocycles. The summed E-state index contributed by atoms with van der Waals surface area (Å²) in [6.07, 6.45) is 0. The highest BCUT2D eigenvalue weighted by Gasteiger charge is 2.10. The van der Waals surface area contributed by atoms with E-state index in [4.69, 9.17) is 9.29 Å². The summed E-state index contributed by atoms with van der Waals surface area (Å²) in [5, 5.41) is 25.0. The number of nitrogens with one attached hydrogen (secondary N) is 2. The highest BCUT2D eigenvalue weighted by atomic mass is 32.2. The fraction of sp³-hybridized carbons (Fsp3) is 0.0588. The molecule has 0 saturated carbocycles. The van der Waals surface area contributed by atoms with Crippen LogP contribution in [0.4, 0.5) is 22.7 Å². The van der Waals surface area contributed by atoms with E-state index in [2.05, 4.69) is 20.5 Å². The minimum atomic E-state index is -4.37. The van der Waals surface area contributed by atoms with Gasteiger partial charge in [-0.1, -0.05) is 6.07 Å². The van der Waals surface area contributed by atoms with Gasteiger partial charge >= 0.3 is 5.69 Å². The predicted octanol–water partition coefficient (Wildman–Crippen LogP) is 2.85. The van der Waals surface area contributed by atoms with E-state index in [0.29, 0.717) is 5.69 Å². The number of aromatic nitrogens is 2. The predicted molar refractivity (Wildman–Crippen MR) is 107 cm³/mol. The molecule has 0 amide bonds. The van der Waals surface area contributed by atoms with Gasteiger partial charge in [-0.05, 0) is 30.3 Å². The van der Waals surface area contributed by atoms with Gasteiger partial charge in [-0.15, -0.1) is 10.2 Å². The standard InChI is InChI=1S/C17H14N6O7S/c1-30-13-8-10(21-20-9-3-2-4-11(7-9)31(27,28)29)5-6-12(13)22-23-14-15(24)18-17(26)19-16(14)25/h2-8H,1H3,(H,27,28,29)(H3,18,19,24,25,26). The van der Waals surface area contributed by atoms with Crippen LogP contribution in [0.5, 0.6) is 11.6 Å². The summed E-state index contributed by atoms with van der Waals surface area (Å²) in [6.45, 7) is 0. The maximum absolute atomic E-state index is 11.7. The fourth-order valence-electron chi connectivity index (χ4n) is 2.30. The molecule has 0 aliphatic heterocycles.